The van der Waals surface area contributed by atoms with Gasteiger partial charge in [0.05, 0.1) is 0 Å². The van der Waals surface area contributed by atoms with Crippen LogP contribution < -0.4 is 0 Å². The summed E-state index contributed by atoms with van der Waals surface area (Å²) in [7, 11) is 1.82. The maximum atomic E-state index is 5.70. The molecule has 0 aromatic heterocycles. The van der Waals surface area contributed by atoms with Gasteiger partial charge in [0, 0.05) is 0 Å². The molecule has 3 heteroatoms. The molecule has 10 heavy (non-hydrogen) atoms. The van der Waals surface area contributed by atoms with Crippen molar-refractivity contribution in [1.29, 1.82) is 0 Å². The Morgan fingerprint density at radius 3 is 2.80 bits per heavy atom. The van der Waals surface area contributed by atoms with Crippen molar-refractivity contribution in [3.05, 3.63) is 0 Å². The van der Waals surface area contributed by atoms with Gasteiger partial charge in [0.15, 0.2) is 0 Å². The molecule has 0 amide bonds. The van der Waals surface area contributed by atoms with Gasteiger partial charge >= 0.3 is 67.6 Å². The van der Waals surface area contributed by atoms with Crippen molar-refractivity contribution in [3.63, 3.8) is 0 Å². The first-order chi connectivity index (χ1) is 4.83. The summed E-state index contributed by atoms with van der Waals surface area (Å²) < 4.78 is 13.7. The third kappa shape index (κ3) is 1.85. The average Bonchev–Trinajstić information content (AvgIpc) is 2.39. The molecule has 1 aliphatic rings. The first-order valence-corrected chi connectivity index (χ1v) is 9.01. The van der Waals surface area contributed by atoms with Crippen molar-refractivity contribution in [3.8, 4) is 0 Å². The van der Waals surface area contributed by atoms with Gasteiger partial charge < -0.3 is 0 Å². The Balaban J connectivity index is 2.41. The second kappa shape index (κ2) is 3.92. The zero-order chi connectivity index (χ0) is 7.45. The van der Waals surface area contributed by atoms with Crippen LogP contribution in [0.15, 0.2) is 0 Å². The van der Waals surface area contributed by atoms with E-state index in [0.29, 0.717) is 0 Å². The molecule has 1 saturated heterocycles. The third-order valence-electron chi connectivity index (χ3n) is 1.72. The molecule has 1 unspecified atom stereocenters. The van der Waals surface area contributed by atoms with Gasteiger partial charge in [-0.25, -0.2) is 0 Å². The number of hydrogen-bond donors (Lipinski definition) is 0. The van der Waals surface area contributed by atoms with Crippen LogP contribution in [0.4, 0.5) is 0 Å². The maximum absolute atomic E-state index is 5.70. The molecule has 0 saturated carbocycles. The molecule has 62 valence electrons. The molecular formula is C7H16O2Te. The standard InChI is InChI=1S/C7H16O2Te/c1-3-6-10(8-2)7-4-5-9-10/h3-7H2,1-2H3. The monoisotopic (exact) mass is 262 g/mol. The Kier molecular flexibility index (Phi) is 3.45. The minimum atomic E-state index is -2.12. The third-order valence-corrected chi connectivity index (χ3v) is 10.7. The van der Waals surface area contributed by atoms with Gasteiger partial charge in [-0.15, -0.1) is 0 Å². The van der Waals surface area contributed by atoms with Crippen LogP contribution in [0.1, 0.15) is 19.8 Å². The Bertz CT molecular complexity index is 99.8. The normalized spacial score (nSPS) is 39.4. The van der Waals surface area contributed by atoms with Crippen molar-refractivity contribution >= 4 is 19.0 Å². The van der Waals surface area contributed by atoms with Crippen LogP contribution in [0.3, 0.4) is 0 Å². The van der Waals surface area contributed by atoms with Gasteiger partial charge in [0.25, 0.3) is 0 Å². The van der Waals surface area contributed by atoms with Crippen LogP contribution >= 0.6 is 0 Å². The fraction of sp³-hybridized carbons (Fsp3) is 1.00. The van der Waals surface area contributed by atoms with E-state index in [9.17, 15) is 0 Å². The van der Waals surface area contributed by atoms with Gasteiger partial charge in [-0.2, -0.15) is 0 Å². The minimum absolute atomic E-state index is 0.953. The molecule has 1 rings (SSSR count). The van der Waals surface area contributed by atoms with Crippen molar-refractivity contribution < 1.29 is 6.20 Å². The van der Waals surface area contributed by atoms with E-state index >= 15 is 0 Å². The molecule has 2 nitrogen and oxygen atoms in total. The molecule has 1 atom stereocenters. The van der Waals surface area contributed by atoms with E-state index in [1.54, 1.807) is 0 Å². The topological polar surface area (TPSA) is 18.5 Å². The van der Waals surface area contributed by atoms with E-state index < -0.39 is 19.0 Å². The van der Waals surface area contributed by atoms with Crippen molar-refractivity contribution in [2.45, 2.75) is 28.7 Å². The Labute approximate surface area is 67.8 Å². The van der Waals surface area contributed by atoms with E-state index in [1.807, 2.05) is 7.11 Å². The molecule has 0 N–H and O–H groups in total. The average molecular weight is 260 g/mol. The first kappa shape index (κ1) is 8.80. The van der Waals surface area contributed by atoms with E-state index in [0.717, 1.165) is 6.61 Å². The molecule has 1 heterocycles. The molecule has 0 aliphatic carbocycles. The van der Waals surface area contributed by atoms with Crippen LogP contribution in [-0.4, -0.2) is 32.7 Å². The van der Waals surface area contributed by atoms with E-state index in [2.05, 4.69) is 6.92 Å². The summed E-state index contributed by atoms with van der Waals surface area (Å²) in [6, 6.07) is 0. The summed E-state index contributed by atoms with van der Waals surface area (Å²) in [5.74, 6) is 0. The van der Waals surface area contributed by atoms with Crippen LogP contribution in [0.5, 0.6) is 0 Å². The molecular weight excluding hydrogens is 244 g/mol. The second-order valence-corrected chi connectivity index (χ2v) is 10.7. The van der Waals surface area contributed by atoms with Crippen LogP contribution in [0.25, 0.3) is 0 Å². The molecule has 0 aromatic rings. The fourth-order valence-corrected chi connectivity index (χ4v) is 8.29. The van der Waals surface area contributed by atoms with Gasteiger partial charge in [-0.05, 0) is 0 Å². The van der Waals surface area contributed by atoms with E-state index in [1.165, 1.54) is 21.8 Å². The fourth-order valence-electron chi connectivity index (χ4n) is 1.24. The summed E-state index contributed by atoms with van der Waals surface area (Å²) in [6.45, 7) is 3.16. The van der Waals surface area contributed by atoms with Crippen molar-refractivity contribution in [1.82, 2.24) is 0 Å². The predicted molar refractivity (Wildman–Crippen MR) is 43.2 cm³/mol. The zero-order valence-electron chi connectivity index (χ0n) is 6.76. The molecule has 1 fully saturated rings. The van der Waals surface area contributed by atoms with Gasteiger partial charge in [0.2, 0.25) is 0 Å². The Morgan fingerprint density at radius 1 is 1.60 bits per heavy atom. The molecule has 0 bridgehead atoms. The first-order valence-electron chi connectivity index (χ1n) is 3.81. The zero-order valence-corrected chi connectivity index (χ0v) is 9.09. The summed E-state index contributed by atoms with van der Waals surface area (Å²) in [5.41, 5.74) is 0. The molecule has 0 radical (unpaired) electrons. The SMILES string of the molecule is CCC[Te]1(OC)CCCO1. The van der Waals surface area contributed by atoms with E-state index in [4.69, 9.17) is 6.20 Å². The summed E-state index contributed by atoms with van der Waals surface area (Å²) in [5, 5.41) is 0. The Morgan fingerprint density at radius 2 is 2.40 bits per heavy atom. The number of rotatable bonds is 3. The summed E-state index contributed by atoms with van der Waals surface area (Å²) >= 11 is -2.12. The van der Waals surface area contributed by atoms with Crippen molar-refractivity contribution in [2.75, 3.05) is 13.7 Å². The van der Waals surface area contributed by atoms with Crippen LogP contribution in [0, 0.1) is 0 Å². The van der Waals surface area contributed by atoms with E-state index in [-0.39, 0.29) is 0 Å². The number of hydrogen-bond acceptors (Lipinski definition) is 2. The van der Waals surface area contributed by atoms with Gasteiger partial charge in [0.1, 0.15) is 0 Å². The molecule has 0 spiro atoms. The van der Waals surface area contributed by atoms with Gasteiger partial charge in [-0.3, -0.25) is 0 Å². The van der Waals surface area contributed by atoms with Gasteiger partial charge in [-0.1, -0.05) is 0 Å². The molecule has 0 aromatic carbocycles. The van der Waals surface area contributed by atoms with Crippen LogP contribution in [0.2, 0.25) is 8.94 Å². The predicted octanol–water partition coefficient (Wildman–Crippen LogP) is 1.91. The van der Waals surface area contributed by atoms with Crippen LogP contribution in [-0.2, 0) is 6.20 Å². The second-order valence-electron chi connectivity index (χ2n) is 2.49. The quantitative estimate of drug-likeness (QED) is 0.721. The summed E-state index contributed by atoms with van der Waals surface area (Å²) in [6.07, 6.45) is 2.45. The van der Waals surface area contributed by atoms with Crippen molar-refractivity contribution in [2.24, 2.45) is 0 Å². The summed E-state index contributed by atoms with van der Waals surface area (Å²) in [4.78, 5) is 0. The Hall–Kier alpha value is 0.710. The molecule has 1 aliphatic heterocycles.